The van der Waals surface area contributed by atoms with Gasteiger partial charge in [0.1, 0.15) is 0 Å². The maximum atomic E-state index is 4.23. The molecule has 0 saturated carbocycles. The lowest BCUT2D eigenvalue weighted by molar-refractivity contribution is 0.572. The molecule has 1 N–H and O–H groups in total. The fourth-order valence-corrected chi connectivity index (χ4v) is 3.60. The molecule has 1 saturated heterocycles. The van der Waals surface area contributed by atoms with Gasteiger partial charge in [-0.3, -0.25) is 0 Å². The van der Waals surface area contributed by atoms with Gasteiger partial charge in [-0.25, -0.2) is 0 Å². The quantitative estimate of drug-likeness (QED) is 0.918. The van der Waals surface area contributed by atoms with Crippen LogP contribution in [0.5, 0.6) is 0 Å². The first-order chi connectivity index (χ1) is 9.83. The van der Waals surface area contributed by atoms with Crippen LogP contribution in [-0.2, 0) is 6.54 Å². The van der Waals surface area contributed by atoms with Gasteiger partial charge in [-0.05, 0) is 44.0 Å². The Balaban J connectivity index is 1.54. The van der Waals surface area contributed by atoms with Crippen LogP contribution in [0.25, 0.3) is 0 Å². The predicted molar refractivity (Wildman–Crippen MR) is 83.2 cm³/mol. The molecule has 2 aromatic heterocycles. The Morgan fingerprint density at radius 1 is 1.40 bits per heavy atom. The van der Waals surface area contributed by atoms with Crippen LogP contribution in [0.3, 0.4) is 0 Å². The molecule has 1 aliphatic heterocycles. The van der Waals surface area contributed by atoms with E-state index < -0.39 is 0 Å². The molecule has 5 heteroatoms. The molecule has 1 fully saturated rings. The normalized spacial score (nSPS) is 18.6. The van der Waals surface area contributed by atoms with Crippen molar-refractivity contribution >= 4 is 17.2 Å². The fraction of sp³-hybridized carbons (Fsp3) is 0.467. The fourth-order valence-electron chi connectivity index (χ4n) is 2.74. The summed E-state index contributed by atoms with van der Waals surface area (Å²) in [4.78, 5) is 5.16. The van der Waals surface area contributed by atoms with Crippen molar-refractivity contribution in [1.29, 1.82) is 0 Å². The van der Waals surface area contributed by atoms with Gasteiger partial charge in [-0.15, -0.1) is 16.4 Å². The molecule has 20 heavy (non-hydrogen) atoms. The van der Waals surface area contributed by atoms with Crippen molar-refractivity contribution in [2.45, 2.75) is 32.4 Å². The Kier molecular flexibility index (Phi) is 4.28. The number of thiophene rings is 1. The van der Waals surface area contributed by atoms with Crippen LogP contribution >= 0.6 is 11.3 Å². The van der Waals surface area contributed by atoms with E-state index in [1.807, 2.05) is 23.5 Å². The first-order valence-corrected chi connectivity index (χ1v) is 7.95. The Morgan fingerprint density at radius 2 is 2.35 bits per heavy atom. The van der Waals surface area contributed by atoms with Crippen LogP contribution in [0.1, 0.15) is 22.6 Å². The maximum absolute atomic E-state index is 4.23. The van der Waals surface area contributed by atoms with E-state index in [9.17, 15) is 0 Å². The second-order valence-corrected chi connectivity index (χ2v) is 6.59. The van der Waals surface area contributed by atoms with E-state index in [1.165, 1.54) is 22.6 Å². The Bertz CT molecular complexity index is 540. The number of anilines is 1. The summed E-state index contributed by atoms with van der Waals surface area (Å²) in [5.74, 6) is 1.00. The van der Waals surface area contributed by atoms with E-state index in [-0.39, 0.29) is 0 Å². The van der Waals surface area contributed by atoms with E-state index in [4.69, 9.17) is 0 Å². The first-order valence-electron chi connectivity index (χ1n) is 7.13. The van der Waals surface area contributed by atoms with E-state index in [0.29, 0.717) is 6.04 Å². The summed E-state index contributed by atoms with van der Waals surface area (Å²) in [6.45, 7) is 5.21. The number of nitrogens with one attached hydrogen (secondary N) is 1. The average Bonchev–Trinajstić information content (AvgIpc) is 3.09. The van der Waals surface area contributed by atoms with Gasteiger partial charge in [-0.2, -0.15) is 5.10 Å². The van der Waals surface area contributed by atoms with Crippen molar-refractivity contribution in [3.8, 4) is 0 Å². The topological polar surface area (TPSA) is 41.0 Å². The molecule has 1 aliphatic rings. The molecule has 0 unspecified atom stereocenters. The summed E-state index contributed by atoms with van der Waals surface area (Å²) in [7, 11) is 0. The lowest BCUT2D eigenvalue weighted by Crippen LogP contribution is -2.38. The zero-order chi connectivity index (χ0) is 13.8. The zero-order valence-electron chi connectivity index (χ0n) is 11.7. The second-order valence-electron chi connectivity index (χ2n) is 5.21. The molecule has 0 amide bonds. The molecule has 4 nitrogen and oxygen atoms in total. The monoisotopic (exact) mass is 288 g/mol. The molecule has 2 aromatic rings. The van der Waals surface area contributed by atoms with E-state index in [0.717, 1.165) is 25.5 Å². The van der Waals surface area contributed by atoms with Gasteiger partial charge in [0.2, 0.25) is 0 Å². The number of nitrogens with zero attached hydrogens (tertiary/aromatic N) is 3. The highest BCUT2D eigenvalue weighted by Crippen LogP contribution is 2.22. The minimum Gasteiger partial charge on any atom is -0.351 e. The average molecular weight is 288 g/mol. The van der Waals surface area contributed by atoms with Gasteiger partial charge in [-0.1, -0.05) is 0 Å². The Labute approximate surface area is 123 Å². The van der Waals surface area contributed by atoms with Crippen molar-refractivity contribution in [1.82, 2.24) is 15.5 Å². The van der Waals surface area contributed by atoms with Crippen molar-refractivity contribution in [3.63, 3.8) is 0 Å². The van der Waals surface area contributed by atoms with Gasteiger partial charge in [0.05, 0.1) is 0 Å². The van der Waals surface area contributed by atoms with Crippen molar-refractivity contribution in [3.05, 3.63) is 40.2 Å². The van der Waals surface area contributed by atoms with Crippen molar-refractivity contribution in [2.24, 2.45) is 0 Å². The number of rotatable bonds is 5. The highest BCUT2D eigenvalue weighted by molar-refractivity contribution is 7.11. The molecule has 0 aromatic carbocycles. The molecule has 0 aliphatic carbocycles. The molecule has 0 spiro atoms. The maximum Gasteiger partial charge on any atom is 0.151 e. The smallest absolute Gasteiger partial charge is 0.151 e. The highest BCUT2D eigenvalue weighted by atomic mass is 32.1. The van der Waals surface area contributed by atoms with Crippen LogP contribution in [-0.4, -0.2) is 29.3 Å². The van der Waals surface area contributed by atoms with Gasteiger partial charge in [0.15, 0.2) is 5.82 Å². The first kappa shape index (κ1) is 13.5. The predicted octanol–water partition coefficient (Wildman–Crippen LogP) is 2.61. The number of aryl methyl sites for hydroxylation is 1. The lowest BCUT2D eigenvalue weighted by atomic mass is 10.2. The summed E-state index contributed by atoms with van der Waals surface area (Å²) in [5.41, 5.74) is 0. The number of hydrogen-bond acceptors (Lipinski definition) is 5. The summed E-state index contributed by atoms with van der Waals surface area (Å²) in [5, 5.41) is 11.8. The summed E-state index contributed by atoms with van der Waals surface area (Å²) in [6.07, 6.45) is 4.19. The minimum absolute atomic E-state index is 0.535. The molecule has 0 radical (unpaired) electrons. The van der Waals surface area contributed by atoms with Gasteiger partial charge in [0.25, 0.3) is 0 Å². The van der Waals surface area contributed by atoms with Gasteiger partial charge >= 0.3 is 0 Å². The summed E-state index contributed by atoms with van der Waals surface area (Å²) < 4.78 is 0. The van der Waals surface area contributed by atoms with Crippen molar-refractivity contribution in [2.75, 3.05) is 18.0 Å². The molecule has 0 bridgehead atoms. The molecule has 3 heterocycles. The SMILES string of the molecule is Cc1ccc(CNC[C@@H]2CCCN2c2cccnn2)s1. The molecule has 1 atom stereocenters. The largest absolute Gasteiger partial charge is 0.351 e. The minimum atomic E-state index is 0.535. The molecular weight excluding hydrogens is 268 g/mol. The third-order valence-corrected chi connectivity index (χ3v) is 4.71. The van der Waals surface area contributed by atoms with E-state index in [2.05, 4.69) is 39.5 Å². The molecule has 106 valence electrons. The Hall–Kier alpha value is -1.46. The number of aromatic nitrogens is 2. The zero-order valence-corrected chi connectivity index (χ0v) is 12.6. The Morgan fingerprint density at radius 3 is 3.10 bits per heavy atom. The molecular formula is C15H20N4S. The third kappa shape index (κ3) is 3.16. The summed E-state index contributed by atoms with van der Waals surface area (Å²) in [6, 6.07) is 8.94. The van der Waals surface area contributed by atoms with Crippen molar-refractivity contribution < 1.29 is 0 Å². The second kappa shape index (κ2) is 6.33. The highest BCUT2D eigenvalue weighted by Gasteiger charge is 2.25. The van der Waals surface area contributed by atoms with Crippen LogP contribution in [0.4, 0.5) is 5.82 Å². The van der Waals surface area contributed by atoms with Crippen LogP contribution < -0.4 is 10.2 Å². The standard InChI is InChI=1S/C15H20N4S/c1-12-6-7-14(20-12)11-16-10-13-4-3-9-19(13)15-5-2-8-17-18-15/h2,5-8,13,16H,3-4,9-11H2,1H3/t13-/m0/s1. The lowest BCUT2D eigenvalue weighted by Gasteiger charge is -2.25. The molecule has 3 rings (SSSR count). The summed E-state index contributed by atoms with van der Waals surface area (Å²) >= 11 is 1.87. The van der Waals surface area contributed by atoms with Crippen LogP contribution in [0.2, 0.25) is 0 Å². The van der Waals surface area contributed by atoms with Crippen LogP contribution in [0, 0.1) is 6.92 Å². The van der Waals surface area contributed by atoms with E-state index >= 15 is 0 Å². The van der Waals surface area contributed by atoms with Gasteiger partial charge < -0.3 is 10.2 Å². The van der Waals surface area contributed by atoms with E-state index in [1.54, 1.807) is 6.20 Å². The van der Waals surface area contributed by atoms with Gasteiger partial charge in [0, 0.05) is 41.6 Å². The number of hydrogen-bond donors (Lipinski definition) is 1. The third-order valence-electron chi connectivity index (χ3n) is 3.70. The van der Waals surface area contributed by atoms with Crippen LogP contribution in [0.15, 0.2) is 30.5 Å².